The molecular weight excluding hydrogens is 188 g/mol. The van der Waals surface area contributed by atoms with Crippen LogP contribution in [0.1, 0.15) is 42.0 Å². The summed E-state index contributed by atoms with van der Waals surface area (Å²) >= 11 is 0. The third-order valence-electron chi connectivity index (χ3n) is 3.19. The summed E-state index contributed by atoms with van der Waals surface area (Å²) in [5.74, 6) is 0.443. The first-order chi connectivity index (χ1) is 7.04. The number of aromatic nitrogens is 2. The van der Waals surface area contributed by atoms with Gasteiger partial charge in [0, 0.05) is 10.8 Å². The molecule has 0 saturated carbocycles. The lowest BCUT2D eigenvalue weighted by molar-refractivity contribution is 0.422. The van der Waals surface area contributed by atoms with Crippen molar-refractivity contribution in [3.63, 3.8) is 0 Å². The smallest absolute Gasteiger partial charge is 0.190 e. The zero-order valence-corrected chi connectivity index (χ0v) is 9.88. The van der Waals surface area contributed by atoms with Crippen molar-refractivity contribution in [2.45, 2.75) is 40.5 Å². The second kappa shape index (κ2) is 3.33. The van der Waals surface area contributed by atoms with E-state index in [1.165, 1.54) is 16.7 Å². The monoisotopic (exact) mass is 204 g/mol. The molecule has 1 aromatic carbocycles. The molecule has 0 aliphatic rings. The third-order valence-corrected chi connectivity index (χ3v) is 3.19. The molecule has 0 unspecified atom stereocenters. The molecule has 0 atom stereocenters. The molecule has 1 aromatic heterocycles. The van der Waals surface area contributed by atoms with Crippen LogP contribution in [0.25, 0.3) is 11.1 Å². The lowest BCUT2D eigenvalue weighted by Gasteiger charge is -2.14. The Bertz CT molecular complexity index is 512. The standard InChI is InChI=1S/C12H16N2O/c1-6(2)10-8(4)7(3)9(5)12-11(10)13-14-15-12/h6H,1-5H3. The second-order valence-corrected chi connectivity index (χ2v) is 4.39. The fourth-order valence-corrected chi connectivity index (χ4v) is 2.15. The van der Waals surface area contributed by atoms with Gasteiger partial charge in [-0.05, 0) is 43.4 Å². The maximum atomic E-state index is 5.21. The summed E-state index contributed by atoms with van der Waals surface area (Å²) in [6.45, 7) is 10.7. The van der Waals surface area contributed by atoms with E-state index >= 15 is 0 Å². The molecule has 0 fully saturated rings. The first-order valence-corrected chi connectivity index (χ1v) is 5.25. The Labute approximate surface area is 89.5 Å². The molecule has 0 amide bonds. The van der Waals surface area contributed by atoms with Crippen molar-refractivity contribution < 1.29 is 4.52 Å². The highest BCUT2D eigenvalue weighted by molar-refractivity contribution is 5.82. The molecule has 0 bridgehead atoms. The van der Waals surface area contributed by atoms with Crippen molar-refractivity contribution >= 4 is 11.1 Å². The summed E-state index contributed by atoms with van der Waals surface area (Å²) in [5.41, 5.74) is 6.76. The molecule has 2 aromatic rings. The van der Waals surface area contributed by atoms with Gasteiger partial charge in [0.05, 0.1) is 0 Å². The van der Waals surface area contributed by atoms with Gasteiger partial charge < -0.3 is 4.52 Å². The normalized spacial score (nSPS) is 11.6. The lowest BCUT2D eigenvalue weighted by atomic mass is 9.91. The van der Waals surface area contributed by atoms with Gasteiger partial charge in [0.25, 0.3) is 0 Å². The molecule has 0 aliphatic heterocycles. The van der Waals surface area contributed by atoms with E-state index in [4.69, 9.17) is 4.52 Å². The predicted octanol–water partition coefficient (Wildman–Crippen LogP) is 3.27. The number of hydrogen-bond acceptors (Lipinski definition) is 3. The van der Waals surface area contributed by atoms with Gasteiger partial charge in [-0.3, -0.25) is 0 Å². The van der Waals surface area contributed by atoms with Gasteiger partial charge in [0.1, 0.15) is 5.52 Å². The third kappa shape index (κ3) is 1.34. The van der Waals surface area contributed by atoms with Crippen molar-refractivity contribution in [2.75, 3.05) is 0 Å². The fraction of sp³-hybridized carbons (Fsp3) is 0.500. The summed E-state index contributed by atoms with van der Waals surface area (Å²) in [6, 6.07) is 0. The van der Waals surface area contributed by atoms with Crippen molar-refractivity contribution in [3.8, 4) is 0 Å². The minimum absolute atomic E-state index is 0.443. The zero-order valence-electron chi connectivity index (χ0n) is 9.88. The minimum Gasteiger partial charge on any atom is -0.337 e. The van der Waals surface area contributed by atoms with Crippen molar-refractivity contribution in [1.82, 2.24) is 10.4 Å². The van der Waals surface area contributed by atoms with Gasteiger partial charge >= 0.3 is 0 Å². The SMILES string of the molecule is Cc1c(C)c(C)c2onnc2c1C(C)C. The highest BCUT2D eigenvalue weighted by Gasteiger charge is 2.18. The zero-order chi connectivity index (χ0) is 11.2. The average molecular weight is 204 g/mol. The Morgan fingerprint density at radius 2 is 1.67 bits per heavy atom. The van der Waals surface area contributed by atoms with E-state index in [-0.39, 0.29) is 0 Å². The first kappa shape index (κ1) is 10.1. The van der Waals surface area contributed by atoms with E-state index in [0.717, 1.165) is 16.7 Å². The van der Waals surface area contributed by atoms with E-state index in [1.54, 1.807) is 0 Å². The molecule has 0 saturated heterocycles. The van der Waals surface area contributed by atoms with Crippen LogP contribution in [0.3, 0.4) is 0 Å². The van der Waals surface area contributed by atoms with Crippen molar-refractivity contribution in [2.24, 2.45) is 0 Å². The van der Waals surface area contributed by atoms with Crippen LogP contribution in [0.5, 0.6) is 0 Å². The van der Waals surface area contributed by atoms with Crippen LogP contribution in [-0.4, -0.2) is 10.4 Å². The number of benzene rings is 1. The molecule has 1 heterocycles. The van der Waals surface area contributed by atoms with E-state index < -0.39 is 0 Å². The Morgan fingerprint density at radius 3 is 2.27 bits per heavy atom. The molecule has 3 nitrogen and oxygen atoms in total. The number of aryl methyl sites for hydroxylation is 1. The van der Waals surface area contributed by atoms with E-state index in [0.29, 0.717) is 5.92 Å². The summed E-state index contributed by atoms with van der Waals surface area (Å²) in [5, 5.41) is 7.75. The van der Waals surface area contributed by atoms with Gasteiger partial charge in [-0.25, -0.2) is 0 Å². The van der Waals surface area contributed by atoms with Crippen LogP contribution >= 0.6 is 0 Å². The molecule has 15 heavy (non-hydrogen) atoms. The first-order valence-electron chi connectivity index (χ1n) is 5.25. The summed E-state index contributed by atoms with van der Waals surface area (Å²) in [4.78, 5) is 0. The number of hydrogen-bond donors (Lipinski definition) is 0. The van der Waals surface area contributed by atoms with Crippen molar-refractivity contribution in [3.05, 3.63) is 22.3 Å². The van der Waals surface area contributed by atoms with Crippen LogP contribution in [-0.2, 0) is 0 Å². The molecule has 80 valence electrons. The highest BCUT2D eigenvalue weighted by atomic mass is 16.5. The largest absolute Gasteiger partial charge is 0.337 e. The molecule has 0 N–H and O–H groups in total. The summed E-state index contributed by atoms with van der Waals surface area (Å²) < 4.78 is 5.21. The maximum Gasteiger partial charge on any atom is 0.190 e. The quantitative estimate of drug-likeness (QED) is 0.715. The molecule has 0 spiro atoms. The molecule has 0 aliphatic carbocycles. The number of nitrogens with zero attached hydrogens (tertiary/aromatic N) is 2. The van der Waals surface area contributed by atoms with Gasteiger partial charge in [-0.15, -0.1) is 5.10 Å². The molecular formula is C12H16N2O. The Hall–Kier alpha value is -1.38. The van der Waals surface area contributed by atoms with Gasteiger partial charge in [-0.2, -0.15) is 0 Å². The Kier molecular flexibility index (Phi) is 2.25. The van der Waals surface area contributed by atoms with Gasteiger partial charge in [0.2, 0.25) is 0 Å². The van der Waals surface area contributed by atoms with Crippen LogP contribution in [0, 0.1) is 20.8 Å². The number of rotatable bonds is 1. The number of fused-ring (bicyclic) bond motifs is 1. The van der Waals surface area contributed by atoms with E-state index in [2.05, 4.69) is 45.0 Å². The maximum absolute atomic E-state index is 5.21. The summed E-state index contributed by atoms with van der Waals surface area (Å²) in [7, 11) is 0. The topological polar surface area (TPSA) is 38.9 Å². The lowest BCUT2D eigenvalue weighted by Crippen LogP contribution is -1.99. The average Bonchev–Trinajstić information content (AvgIpc) is 2.62. The Morgan fingerprint density at radius 1 is 1.00 bits per heavy atom. The molecule has 2 rings (SSSR count). The van der Waals surface area contributed by atoms with Crippen LogP contribution in [0.15, 0.2) is 4.52 Å². The fourth-order valence-electron chi connectivity index (χ4n) is 2.15. The molecule has 0 radical (unpaired) electrons. The van der Waals surface area contributed by atoms with Crippen molar-refractivity contribution in [1.29, 1.82) is 0 Å². The van der Waals surface area contributed by atoms with Crippen LogP contribution < -0.4 is 0 Å². The van der Waals surface area contributed by atoms with E-state index in [9.17, 15) is 0 Å². The van der Waals surface area contributed by atoms with Crippen LogP contribution in [0.4, 0.5) is 0 Å². The highest BCUT2D eigenvalue weighted by Crippen LogP contribution is 2.32. The van der Waals surface area contributed by atoms with Gasteiger partial charge in [0.15, 0.2) is 5.58 Å². The summed E-state index contributed by atoms with van der Waals surface area (Å²) in [6.07, 6.45) is 0. The minimum atomic E-state index is 0.443. The molecule has 3 heteroatoms. The van der Waals surface area contributed by atoms with E-state index in [1.807, 2.05) is 0 Å². The Balaban J connectivity index is 2.94. The van der Waals surface area contributed by atoms with Gasteiger partial charge in [-0.1, -0.05) is 13.8 Å². The van der Waals surface area contributed by atoms with Crippen LogP contribution in [0.2, 0.25) is 0 Å². The predicted molar refractivity (Wildman–Crippen MR) is 60.1 cm³/mol. The second-order valence-electron chi connectivity index (χ2n) is 4.39.